The van der Waals surface area contributed by atoms with E-state index in [-0.39, 0.29) is 5.91 Å². The zero-order chi connectivity index (χ0) is 21.3. The zero-order valence-electron chi connectivity index (χ0n) is 16.6. The second-order valence-corrected chi connectivity index (χ2v) is 7.13. The van der Waals surface area contributed by atoms with Gasteiger partial charge in [0.1, 0.15) is 23.9 Å². The Hall–Kier alpha value is -3.32. The van der Waals surface area contributed by atoms with Gasteiger partial charge in [0.05, 0.1) is 26.0 Å². The Labute approximate surface area is 183 Å². The van der Waals surface area contributed by atoms with Gasteiger partial charge in [0, 0.05) is 16.1 Å². The van der Waals surface area contributed by atoms with Crippen molar-refractivity contribution in [3.05, 3.63) is 87.9 Å². The summed E-state index contributed by atoms with van der Waals surface area (Å²) in [5.74, 6) is 1.37. The molecule has 0 saturated carbocycles. The van der Waals surface area contributed by atoms with Gasteiger partial charge in [0.25, 0.3) is 5.91 Å². The van der Waals surface area contributed by atoms with Crippen LogP contribution in [0.2, 0.25) is 0 Å². The molecule has 3 aromatic carbocycles. The first kappa shape index (κ1) is 21.4. The van der Waals surface area contributed by atoms with Gasteiger partial charge in [-0.15, -0.1) is 0 Å². The van der Waals surface area contributed by atoms with E-state index in [9.17, 15) is 4.79 Å². The van der Waals surface area contributed by atoms with Crippen molar-refractivity contribution in [2.45, 2.75) is 6.61 Å². The van der Waals surface area contributed by atoms with Gasteiger partial charge in [-0.3, -0.25) is 4.79 Å². The van der Waals surface area contributed by atoms with E-state index in [1.807, 2.05) is 30.3 Å². The van der Waals surface area contributed by atoms with Crippen molar-refractivity contribution < 1.29 is 19.0 Å². The lowest BCUT2D eigenvalue weighted by atomic mass is 10.2. The van der Waals surface area contributed by atoms with Crippen LogP contribution in [0.15, 0.2) is 76.3 Å². The van der Waals surface area contributed by atoms with Crippen molar-refractivity contribution in [3.8, 4) is 17.2 Å². The summed E-state index contributed by atoms with van der Waals surface area (Å²) in [7, 11) is 3.14. The number of ether oxygens (including phenoxy) is 3. The number of halogens is 1. The highest BCUT2D eigenvalue weighted by Gasteiger charge is 2.12. The topological polar surface area (TPSA) is 69.2 Å². The SMILES string of the molecule is COc1ccc(C=NNC(=O)c2ccccc2OCc2ccc(Br)cc2)c(OC)c1. The Bertz CT molecular complexity index is 1040. The van der Waals surface area contributed by atoms with Gasteiger partial charge >= 0.3 is 0 Å². The minimum absolute atomic E-state index is 0.351. The number of nitrogens with one attached hydrogen (secondary N) is 1. The predicted octanol–water partition coefficient (Wildman–Crippen LogP) is 4.81. The summed E-state index contributed by atoms with van der Waals surface area (Å²) < 4.78 is 17.3. The third kappa shape index (κ3) is 5.61. The molecule has 0 aromatic heterocycles. The highest BCUT2D eigenvalue weighted by Crippen LogP contribution is 2.23. The monoisotopic (exact) mass is 468 g/mol. The summed E-state index contributed by atoms with van der Waals surface area (Å²) in [4.78, 5) is 12.6. The molecule has 1 N–H and O–H groups in total. The first-order valence-electron chi connectivity index (χ1n) is 9.12. The van der Waals surface area contributed by atoms with Gasteiger partial charge in [-0.05, 0) is 42.0 Å². The molecule has 7 heteroatoms. The van der Waals surface area contributed by atoms with Gasteiger partial charge in [-0.25, -0.2) is 5.43 Å². The lowest BCUT2D eigenvalue weighted by Gasteiger charge is -2.11. The number of hydrogen-bond acceptors (Lipinski definition) is 5. The summed E-state index contributed by atoms with van der Waals surface area (Å²) in [6.07, 6.45) is 1.52. The number of hydrogen-bond donors (Lipinski definition) is 1. The van der Waals surface area contributed by atoms with Crippen LogP contribution in [-0.4, -0.2) is 26.3 Å². The number of nitrogens with zero attached hydrogens (tertiary/aromatic N) is 1. The summed E-state index contributed by atoms with van der Waals surface area (Å²) in [5.41, 5.74) is 4.63. The van der Waals surface area contributed by atoms with Crippen LogP contribution in [0.3, 0.4) is 0 Å². The van der Waals surface area contributed by atoms with Crippen LogP contribution in [0.1, 0.15) is 21.5 Å². The molecule has 0 fully saturated rings. The average molecular weight is 469 g/mol. The molecule has 0 atom stereocenters. The van der Waals surface area contributed by atoms with Crippen molar-refractivity contribution in [2.24, 2.45) is 5.10 Å². The Morgan fingerprint density at radius 2 is 1.77 bits per heavy atom. The van der Waals surface area contributed by atoms with E-state index in [1.165, 1.54) is 6.21 Å². The van der Waals surface area contributed by atoms with Crippen LogP contribution in [0.25, 0.3) is 0 Å². The maximum atomic E-state index is 12.6. The molecule has 0 heterocycles. The fourth-order valence-electron chi connectivity index (χ4n) is 2.67. The number of methoxy groups -OCH3 is 2. The normalized spacial score (nSPS) is 10.6. The molecule has 0 radical (unpaired) electrons. The molecular formula is C23H21BrN2O4. The van der Waals surface area contributed by atoms with Crippen molar-refractivity contribution in [1.82, 2.24) is 5.43 Å². The predicted molar refractivity (Wildman–Crippen MR) is 120 cm³/mol. The summed E-state index contributed by atoms with van der Waals surface area (Å²) in [6, 6.07) is 20.2. The number of para-hydroxylation sites is 1. The molecule has 0 aliphatic rings. The molecule has 6 nitrogen and oxygen atoms in total. The van der Waals surface area contributed by atoms with Gasteiger partial charge < -0.3 is 14.2 Å². The van der Waals surface area contributed by atoms with Crippen molar-refractivity contribution in [2.75, 3.05) is 14.2 Å². The Kier molecular flexibility index (Phi) is 7.45. The third-order valence-electron chi connectivity index (χ3n) is 4.25. The van der Waals surface area contributed by atoms with Crippen LogP contribution in [-0.2, 0) is 6.61 Å². The summed E-state index contributed by atoms with van der Waals surface area (Å²) in [6.45, 7) is 0.351. The molecule has 0 spiro atoms. The Morgan fingerprint density at radius 1 is 1.00 bits per heavy atom. The van der Waals surface area contributed by atoms with E-state index >= 15 is 0 Å². The van der Waals surface area contributed by atoms with Gasteiger partial charge in [-0.1, -0.05) is 40.2 Å². The second kappa shape index (κ2) is 10.5. The molecule has 3 aromatic rings. The van der Waals surface area contributed by atoms with E-state index in [4.69, 9.17) is 14.2 Å². The highest BCUT2D eigenvalue weighted by molar-refractivity contribution is 9.10. The van der Waals surface area contributed by atoms with E-state index in [1.54, 1.807) is 50.6 Å². The van der Waals surface area contributed by atoms with E-state index in [0.717, 1.165) is 10.0 Å². The molecule has 30 heavy (non-hydrogen) atoms. The van der Waals surface area contributed by atoms with Crippen LogP contribution >= 0.6 is 15.9 Å². The third-order valence-corrected chi connectivity index (χ3v) is 4.78. The molecule has 154 valence electrons. The van der Waals surface area contributed by atoms with Crippen LogP contribution in [0, 0.1) is 0 Å². The number of carbonyl (C=O) groups excluding carboxylic acids is 1. The lowest BCUT2D eigenvalue weighted by Crippen LogP contribution is -2.18. The van der Waals surface area contributed by atoms with Gasteiger partial charge in [0.2, 0.25) is 0 Å². The maximum Gasteiger partial charge on any atom is 0.275 e. The van der Waals surface area contributed by atoms with E-state index in [2.05, 4.69) is 26.5 Å². The van der Waals surface area contributed by atoms with Crippen LogP contribution in [0.4, 0.5) is 0 Å². The van der Waals surface area contributed by atoms with Crippen molar-refractivity contribution >= 4 is 28.1 Å². The molecule has 3 rings (SSSR count). The number of rotatable bonds is 8. The molecule has 0 aliphatic heterocycles. The van der Waals surface area contributed by atoms with Crippen LogP contribution in [0.5, 0.6) is 17.2 Å². The Morgan fingerprint density at radius 3 is 2.50 bits per heavy atom. The van der Waals surface area contributed by atoms with Crippen LogP contribution < -0.4 is 19.6 Å². The van der Waals surface area contributed by atoms with E-state index < -0.39 is 0 Å². The number of carbonyl (C=O) groups is 1. The standard InChI is InChI=1S/C23H21BrN2O4/c1-28-19-12-9-17(22(13-19)29-2)14-25-26-23(27)20-5-3-4-6-21(20)30-15-16-7-10-18(24)11-8-16/h3-14H,15H2,1-2H3,(H,26,27). The fourth-order valence-corrected chi connectivity index (χ4v) is 2.93. The molecular weight excluding hydrogens is 448 g/mol. The smallest absolute Gasteiger partial charge is 0.275 e. The fraction of sp³-hybridized carbons (Fsp3) is 0.130. The minimum atomic E-state index is -0.370. The van der Waals surface area contributed by atoms with Gasteiger partial charge in [-0.2, -0.15) is 5.10 Å². The number of hydrazone groups is 1. The minimum Gasteiger partial charge on any atom is -0.497 e. The molecule has 0 bridgehead atoms. The highest BCUT2D eigenvalue weighted by atomic mass is 79.9. The van der Waals surface area contributed by atoms with Gasteiger partial charge in [0.15, 0.2) is 0 Å². The molecule has 0 aliphatic carbocycles. The summed E-state index contributed by atoms with van der Waals surface area (Å²) in [5, 5.41) is 4.04. The zero-order valence-corrected chi connectivity index (χ0v) is 18.2. The molecule has 0 saturated heterocycles. The Balaban J connectivity index is 1.67. The largest absolute Gasteiger partial charge is 0.497 e. The average Bonchev–Trinajstić information content (AvgIpc) is 2.79. The van der Waals surface area contributed by atoms with Crippen molar-refractivity contribution in [3.63, 3.8) is 0 Å². The van der Waals surface area contributed by atoms with E-state index in [0.29, 0.717) is 35.0 Å². The summed E-state index contributed by atoms with van der Waals surface area (Å²) >= 11 is 3.41. The maximum absolute atomic E-state index is 12.6. The number of amides is 1. The number of benzene rings is 3. The second-order valence-electron chi connectivity index (χ2n) is 6.22. The quantitative estimate of drug-likeness (QED) is 0.380. The lowest BCUT2D eigenvalue weighted by molar-refractivity contribution is 0.0950. The first-order valence-corrected chi connectivity index (χ1v) is 9.91. The van der Waals surface area contributed by atoms with Crippen molar-refractivity contribution in [1.29, 1.82) is 0 Å². The first-order chi connectivity index (χ1) is 14.6. The molecule has 0 unspecified atom stereocenters. The molecule has 1 amide bonds.